The largest absolute Gasteiger partial charge is 0.480 e. The average Bonchev–Trinajstić information content (AvgIpc) is 3.25. The van der Waals surface area contributed by atoms with Crippen molar-refractivity contribution in [3.8, 4) is 22.3 Å². The molecule has 0 saturated carbocycles. The van der Waals surface area contributed by atoms with Gasteiger partial charge in [-0.1, -0.05) is 74.5 Å². The van der Waals surface area contributed by atoms with Crippen LogP contribution in [0.3, 0.4) is 0 Å². The van der Waals surface area contributed by atoms with Crippen LogP contribution in [0.1, 0.15) is 114 Å². The molecule has 0 unspecified atom stereocenters. The molecule has 0 aliphatic heterocycles. The Morgan fingerprint density at radius 3 is 1.16 bits per heavy atom. The zero-order valence-electron chi connectivity index (χ0n) is 37.7. The van der Waals surface area contributed by atoms with E-state index in [1.807, 2.05) is 19.9 Å². The zero-order chi connectivity index (χ0) is 52.1. The van der Waals surface area contributed by atoms with Crippen molar-refractivity contribution in [3.05, 3.63) is 152 Å². The van der Waals surface area contributed by atoms with Crippen LogP contribution in [-0.4, -0.2) is 67.4 Å². The maximum Gasteiger partial charge on any atom is 0.417 e. The summed E-state index contributed by atoms with van der Waals surface area (Å²) in [4.78, 5) is 95.4. The van der Waals surface area contributed by atoms with Crippen molar-refractivity contribution in [2.24, 2.45) is 5.41 Å². The van der Waals surface area contributed by atoms with Gasteiger partial charge in [0.15, 0.2) is 23.1 Å². The summed E-state index contributed by atoms with van der Waals surface area (Å²) in [6.45, 7) is 8.93. The molecule has 0 fully saturated rings. The first-order valence-corrected chi connectivity index (χ1v) is 20.8. The van der Waals surface area contributed by atoms with E-state index in [2.05, 4.69) is 0 Å². The van der Waals surface area contributed by atoms with Crippen molar-refractivity contribution < 1.29 is 85.1 Å². The van der Waals surface area contributed by atoms with E-state index in [9.17, 15) is 85.1 Å². The van der Waals surface area contributed by atoms with Gasteiger partial charge in [-0.25, -0.2) is 9.59 Å². The number of aliphatic carboxylic acids is 2. The monoisotopic (exact) mass is 962 g/mol. The number of carbonyl (C=O) groups is 8. The van der Waals surface area contributed by atoms with Crippen molar-refractivity contribution in [3.63, 3.8) is 0 Å². The minimum Gasteiger partial charge on any atom is -0.480 e. The Kier molecular flexibility index (Phi) is 16.4. The number of carbonyl (C=O) groups excluding carboxylic acids is 4. The van der Waals surface area contributed by atoms with E-state index in [4.69, 9.17) is 0 Å². The van der Waals surface area contributed by atoms with E-state index in [0.29, 0.717) is 47.7 Å². The standard InChI is InChI=1S/C28H23F3O6.C23H21F3O6/c1-4-16-5-7-18(14(2)9-16)19-8-6-17(10-24(19)28(29,30)31)11-25(33)21-12-20(15(3)32)22(26(34)35)13-23(21)27(36)37;1-4-14-5-7-16(12(2)9-14)17-8-6-15(10-18(17)23(24,25)26)11-19(28)22(13(3)27,20(29)30)21(31)32/h5-10,12-13H,4,11H2,1-3H3,(H,34,35)(H,36,37);5-10H,4,11H2,1-3H3,(H,29,30)(H,31,32). The molecule has 5 aromatic rings. The molecule has 5 aromatic carbocycles. The first-order valence-electron chi connectivity index (χ1n) is 20.8. The predicted molar refractivity (Wildman–Crippen MR) is 237 cm³/mol. The third-order valence-corrected chi connectivity index (χ3v) is 11.4. The second-order valence-electron chi connectivity index (χ2n) is 16.0. The Morgan fingerprint density at radius 2 is 0.826 bits per heavy atom. The number of hydrogen-bond acceptors (Lipinski definition) is 8. The van der Waals surface area contributed by atoms with Crippen LogP contribution in [0, 0.1) is 19.3 Å². The Bertz CT molecular complexity index is 2890. The number of rotatable bonds is 16. The fourth-order valence-electron chi connectivity index (χ4n) is 7.74. The Hall–Kier alpha value is -7.76. The summed E-state index contributed by atoms with van der Waals surface area (Å²) in [5.74, 6) is -12.1. The van der Waals surface area contributed by atoms with Crippen LogP contribution in [0.25, 0.3) is 22.3 Å². The van der Waals surface area contributed by atoms with Gasteiger partial charge in [-0.15, -0.1) is 0 Å². The second-order valence-corrected chi connectivity index (χ2v) is 16.0. The van der Waals surface area contributed by atoms with Crippen molar-refractivity contribution in [1.29, 1.82) is 0 Å². The number of ketones is 4. The van der Waals surface area contributed by atoms with Crippen LogP contribution in [0.5, 0.6) is 0 Å². The summed E-state index contributed by atoms with van der Waals surface area (Å²) in [7, 11) is 0. The minimum atomic E-state index is -4.80. The highest BCUT2D eigenvalue weighted by atomic mass is 19.4. The number of carboxylic acid groups (broad SMARTS) is 4. The molecule has 0 spiro atoms. The number of halogens is 6. The summed E-state index contributed by atoms with van der Waals surface area (Å²) in [5.41, 5.74) is -4.03. The molecule has 0 aliphatic rings. The van der Waals surface area contributed by atoms with Crippen LogP contribution < -0.4 is 0 Å². The van der Waals surface area contributed by atoms with E-state index < -0.39 is 105 Å². The molecular formula is C51H44F6O12. The van der Waals surface area contributed by atoms with Crippen molar-refractivity contribution in [2.45, 2.75) is 79.6 Å². The van der Waals surface area contributed by atoms with Gasteiger partial charge in [-0.05, 0) is 120 Å². The first-order chi connectivity index (χ1) is 32.0. The van der Waals surface area contributed by atoms with Gasteiger partial charge in [0.25, 0.3) is 5.41 Å². The highest BCUT2D eigenvalue weighted by molar-refractivity contribution is 6.35. The van der Waals surface area contributed by atoms with Gasteiger partial charge in [0.2, 0.25) is 0 Å². The van der Waals surface area contributed by atoms with E-state index in [1.165, 1.54) is 18.2 Å². The third kappa shape index (κ3) is 11.7. The number of Topliss-reactive ketones (excluding diaryl/α,β-unsaturated/α-hetero) is 4. The number of carboxylic acids is 4. The lowest BCUT2D eigenvalue weighted by atomic mass is 9.77. The topological polar surface area (TPSA) is 217 Å². The summed E-state index contributed by atoms with van der Waals surface area (Å²) in [6, 6.07) is 18.3. The molecule has 0 radical (unpaired) electrons. The number of alkyl halides is 6. The molecule has 0 amide bonds. The molecule has 362 valence electrons. The molecule has 0 atom stereocenters. The Balaban J connectivity index is 0.000000304. The quantitative estimate of drug-likeness (QED) is 0.0413. The predicted octanol–water partition coefficient (Wildman–Crippen LogP) is 10.4. The molecule has 5 rings (SSSR count). The van der Waals surface area contributed by atoms with E-state index in [0.717, 1.165) is 42.7 Å². The van der Waals surface area contributed by atoms with Crippen LogP contribution in [0.4, 0.5) is 26.3 Å². The molecule has 0 aliphatic carbocycles. The lowest BCUT2D eigenvalue weighted by Gasteiger charge is -2.21. The maximum atomic E-state index is 14.0. The minimum absolute atomic E-state index is 0.0214. The van der Waals surface area contributed by atoms with Gasteiger partial charge in [0.1, 0.15) is 0 Å². The normalized spacial score (nSPS) is 11.5. The van der Waals surface area contributed by atoms with Gasteiger partial charge in [-0.2, -0.15) is 26.3 Å². The summed E-state index contributed by atoms with van der Waals surface area (Å²) < 4.78 is 83.5. The van der Waals surface area contributed by atoms with Crippen molar-refractivity contribution in [1.82, 2.24) is 0 Å². The highest BCUT2D eigenvalue weighted by Crippen LogP contribution is 2.41. The number of benzene rings is 5. The molecule has 0 heterocycles. The van der Waals surface area contributed by atoms with Gasteiger partial charge in [0, 0.05) is 24.0 Å². The smallest absolute Gasteiger partial charge is 0.417 e. The van der Waals surface area contributed by atoms with Crippen molar-refractivity contribution >= 4 is 47.0 Å². The Morgan fingerprint density at radius 1 is 0.464 bits per heavy atom. The van der Waals surface area contributed by atoms with E-state index in [1.54, 1.807) is 44.2 Å². The van der Waals surface area contributed by atoms with Crippen LogP contribution in [0.15, 0.2) is 84.9 Å². The molecule has 12 nitrogen and oxygen atoms in total. The maximum absolute atomic E-state index is 14.0. The highest BCUT2D eigenvalue weighted by Gasteiger charge is 2.57. The molecular weight excluding hydrogens is 919 g/mol. The molecule has 4 N–H and O–H groups in total. The zero-order valence-corrected chi connectivity index (χ0v) is 37.7. The summed E-state index contributed by atoms with van der Waals surface area (Å²) in [5, 5.41) is 37.4. The summed E-state index contributed by atoms with van der Waals surface area (Å²) in [6.07, 6.45) is -9.68. The molecule has 0 saturated heterocycles. The number of aryl methyl sites for hydroxylation is 4. The number of hydrogen-bond donors (Lipinski definition) is 4. The SMILES string of the molecule is CCc1ccc(-c2ccc(CC(=O)C(C(C)=O)(C(=O)O)C(=O)O)cc2C(F)(F)F)c(C)c1.CCc1ccc(-c2ccc(CC(=O)c3cc(C(C)=O)c(C(=O)O)cc3C(=O)O)cc2C(F)(F)F)c(C)c1. The van der Waals surface area contributed by atoms with Gasteiger partial charge >= 0.3 is 36.2 Å². The Labute approximate surface area is 390 Å². The number of aromatic carboxylic acids is 2. The fraction of sp³-hybridized carbons (Fsp3) is 0.255. The van der Waals surface area contributed by atoms with Crippen LogP contribution in [-0.2, 0) is 57.2 Å². The van der Waals surface area contributed by atoms with Gasteiger partial charge in [-0.3, -0.25) is 28.8 Å². The summed E-state index contributed by atoms with van der Waals surface area (Å²) >= 11 is 0. The molecule has 0 aromatic heterocycles. The van der Waals surface area contributed by atoms with Crippen molar-refractivity contribution in [2.75, 3.05) is 0 Å². The lowest BCUT2D eigenvalue weighted by molar-refractivity contribution is -0.170. The second kappa shape index (κ2) is 21.0. The van der Waals surface area contributed by atoms with E-state index in [-0.39, 0.29) is 27.8 Å². The molecule has 69 heavy (non-hydrogen) atoms. The van der Waals surface area contributed by atoms with Gasteiger partial charge < -0.3 is 20.4 Å². The fourth-order valence-corrected chi connectivity index (χ4v) is 7.74. The van der Waals surface area contributed by atoms with Crippen LogP contribution >= 0.6 is 0 Å². The van der Waals surface area contributed by atoms with Gasteiger partial charge in [0.05, 0.1) is 22.3 Å². The first kappa shape index (κ1) is 53.9. The lowest BCUT2D eigenvalue weighted by Crippen LogP contribution is -2.52. The average molecular weight is 963 g/mol. The van der Waals surface area contributed by atoms with E-state index >= 15 is 0 Å². The third-order valence-electron chi connectivity index (χ3n) is 11.4. The molecule has 0 bridgehead atoms. The molecule has 18 heteroatoms. The van der Waals surface area contributed by atoms with Crippen LogP contribution in [0.2, 0.25) is 0 Å².